The summed E-state index contributed by atoms with van der Waals surface area (Å²) >= 11 is 1.60. The van der Waals surface area contributed by atoms with E-state index in [2.05, 4.69) is 5.32 Å². The van der Waals surface area contributed by atoms with E-state index in [1.807, 2.05) is 6.26 Å². The predicted molar refractivity (Wildman–Crippen MR) is 66.7 cm³/mol. The number of nitrogens with two attached hydrogens (primary N) is 1. The summed E-state index contributed by atoms with van der Waals surface area (Å²) in [5.74, 6) is 0.588. The predicted octanol–water partition coefficient (Wildman–Crippen LogP) is -0.630. The first-order chi connectivity index (χ1) is 7.85. The molecule has 98 valence electrons. The van der Waals surface area contributed by atoms with E-state index in [0.717, 1.165) is 5.75 Å². The number of thioether (sulfide) groups is 1. The van der Waals surface area contributed by atoms with Gasteiger partial charge in [-0.1, -0.05) is 0 Å². The van der Waals surface area contributed by atoms with E-state index in [1.54, 1.807) is 18.7 Å². The molecule has 1 aliphatic heterocycles. The third-order valence-corrected chi connectivity index (χ3v) is 3.24. The highest BCUT2D eigenvalue weighted by atomic mass is 32.2. The summed E-state index contributed by atoms with van der Waals surface area (Å²) < 4.78 is 0. The van der Waals surface area contributed by atoms with Crippen LogP contribution < -0.4 is 11.1 Å². The molecule has 17 heavy (non-hydrogen) atoms. The van der Waals surface area contributed by atoms with Gasteiger partial charge in [0.1, 0.15) is 6.04 Å². The van der Waals surface area contributed by atoms with E-state index in [0.29, 0.717) is 19.5 Å². The molecule has 4 N–H and O–H groups in total. The molecule has 1 atom stereocenters. The van der Waals surface area contributed by atoms with Crippen LogP contribution in [0.2, 0.25) is 0 Å². The van der Waals surface area contributed by atoms with Gasteiger partial charge < -0.3 is 21.1 Å². The first-order valence-corrected chi connectivity index (χ1v) is 6.81. The molecule has 0 aromatic rings. The number of amides is 3. The maximum absolute atomic E-state index is 12.0. The highest BCUT2D eigenvalue weighted by Gasteiger charge is 2.41. The van der Waals surface area contributed by atoms with Crippen molar-refractivity contribution < 1.29 is 14.7 Å². The molecule has 0 aliphatic carbocycles. The van der Waals surface area contributed by atoms with Crippen LogP contribution >= 0.6 is 11.8 Å². The van der Waals surface area contributed by atoms with Gasteiger partial charge in [-0.3, -0.25) is 4.79 Å². The van der Waals surface area contributed by atoms with Gasteiger partial charge in [-0.15, -0.1) is 0 Å². The number of hydrogen-bond donors (Lipinski definition) is 3. The molecule has 0 spiro atoms. The van der Waals surface area contributed by atoms with Crippen molar-refractivity contribution in [3.8, 4) is 0 Å². The molecule has 6 nitrogen and oxygen atoms in total. The lowest BCUT2D eigenvalue weighted by Crippen LogP contribution is -2.65. The summed E-state index contributed by atoms with van der Waals surface area (Å²) in [5, 5.41) is 12.0. The second kappa shape index (κ2) is 5.59. The molecule has 0 aromatic heterocycles. The smallest absolute Gasteiger partial charge is 0.312 e. The van der Waals surface area contributed by atoms with Crippen LogP contribution in [0, 0.1) is 0 Å². The largest absolute Gasteiger partial charge is 0.386 e. The van der Waals surface area contributed by atoms with E-state index in [1.165, 1.54) is 4.90 Å². The van der Waals surface area contributed by atoms with Crippen LogP contribution in [0.15, 0.2) is 0 Å². The minimum atomic E-state index is -0.799. The monoisotopic (exact) mass is 261 g/mol. The lowest BCUT2D eigenvalue weighted by atomic mass is 9.95. The molecule has 0 bridgehead atoms. The number of carbonyl (C=O) groups is 2. The summed E-state index contributed by atoms with van der Waals surface area (Å²) in [6, 6.07) is -1.28. The fourth-order valence-electron chi connectivity index (χ4n) is 1.82. The fraction of sp³-hybridized carbons (Fsp3) is 0.800. The van der Waals surface area contributed by atoms with Crippen LogP contribution in [-0.4, -0.2) is 58.7 Å². The average Bonchev–Trinajstić information content (AvgIpc) is 2.19. The van der Waals surface area contributed by atoms with Crippen LogP contribution in [0.4, 0.5) is 4.79 Å². The van der Waals surface area contributed by atoms with Gasteiger partial charge in [-0.2, -0.15) is 11.8 Å². The van der Waals surface area contributed by atoms with E-state index >= 15 is 0 Å². The number of aliphatic hydroxyl groups is 1. The molecule has 3 amide bonds. The number of nitrogens with zero attached hydrogens (tertiary/aromatic N) is 1. The number of β-amino-alcohol motifs (C(OH)–C–C–N with tert-alkyl or cyclic N) is 1. The maximum atomic E-state index is 12.0. The third kappa shape index (κ3) is 4.08. The number of likely N-dealkylation sites (tertiary alicyclic amines) is 1. The highest BCUT2D eigenvalue weighted by Crippen LogP contribution is 2.21. The molecular weight excluding hydrogens is 242 g/mol. The zero-order valence-corrected chi connectivity index (χ0v) is 10.9. The van der Waals surface area contributed by atoms with Crippen molar-refractivity contribution in [1.82, 2.24) is 10.2 Å². The molecule has 0 saturated carbocycles. The van der Waals surface area contributed by atoms with Crippen molar-refractivity contribution >= 4 is 23.7 Å². The first-order valence-electron chi connectivity index (χ1n) is 5.42. The van der Waals surface area contributed by atoms with E-state index in [4.69, 9.17) is 5.73 Å². The lowest BCUT2D eigenvalue weighted by Gasteiger charge is -2.45. The van der Waals surface area contributed by atoms with Crippen molar-refractivity contribution in [2.24, 2.45) is 5.73 Å². The average molecular weight is 261 g/mol. The Bertz CT molecular complexity index is 301. The number of carbonyl (C=O) groups excluding carboxylic acids is 2. The SMILES string of the molecule is CSCCC(NC(N)=O)C(=O)N1CC(C)(O)C1. The number of rotatable bonds is 5. The number of nitrogens with one attached hydrogen (secondary N) is 1. The Morgan fingerprint density at radius 2 is 2.18 bits per heavy atom. The minimum Gasteiger partial charge on any atom is -0.386 e. The van der Waals surface area contributed by atoms with Crippen molar-refractivity contribution in [1.29, 1.82) is 0 Å². The van der Waals surface area contributed by atoms with Crippen LogP contribution in [0.3, 0.4) is 0 Å². The second-order valence-corrected chi connectivity index (χ2v) is 5.52. The summed E-state index contributed by atoms with van der Waals surface area (Å²) in [7, 11) is 0. The van der Waals surface area contributed by atoms with Crippen LogP contribution in [-0.2, 0) is 4.79 Å². The third-order valence-electron chi connectivity index (χ3n) is 2.60. The summed E-state index contributed by atoms with van der Waals surface area (Å²) in [6.07, 6.45) is 2.47. The second-order valence-electron chi connectivity index (χ2n) is 4.53. The van der Waals surface area contributed by atoms with Gasteiger partial charge >= 0.3 is 6.03 Å². The molecule has 1 saturated heterocycles. The van der Waals surface area contributed by atoms with E-state index in [9.17, 15) is 14.7 Å². The van der Waals surface area contributed by atoms with Gasteiger partial charge in [-0.05, 0) is 25.4 Å². The van der Waals surface area contributed by atoms with Gasteiger partial charge in [0.25, 0.3) is 0 Å². The van der Waals surface area contributed by atoms with Gasteiger partial charge in [0.15, 0.2) is 0 Å². The molecule has 1 heterocycles. The fourth-order valence-corrected chi connectivity index (χ4v) is 2.29. The zero-order valence-electron chi connectivity index (χ0n) is 10.1. The maximum Gasteiger partial charge on any atom is 0.312 e. The van der Waals surface area contributed by atoms with E-state index < -0.39 is 17.7 Å². The topological polar surface area (TPSA) is 95.7 Å². The lowest BCUT2D eigenvalue weighted by molar-refractivity contribution is -0.154. The van der Waals surface area contributed by atoms with Crippen molar-refractivity contribution in [3.63, 3.8) is 0 Å². The summed E-state index contributed by atoms with van der Waals surface area (Å²) in [6.45, 7) is 2.29. The normalized spacial score (nSPS) is 19.4. The number of urea groups is 1. The standard InChI is InChI=1S/C10H19N3O3S/c1-10(16)5-13(6-10)8(14)7(3-4-17-2)12-9(11)15/h7,16H,3-6H2,1-2H3,(H3,11,12,15). The number of hydrogen-bond acceptors (Lipinski definition) is 4. The molecule has 0 radical (unpaired) electrons. The summed E-state index contributed by atoms with van der Waals surface area (Å²) in [5.41, 5.74) is 4.24. The van der Waals surface area contributed by atoms with E-state index in [-0.39, 0.29) is 5.91 Å². The Hall–Kier alpha value is -0.950. The molecule has 1 unspecified atom stereocenters. The first kappa shape index (κ1) is 14.1. The molecule has 1 fully saturated rings. The van der Waals surface area contributed by atoms with Gasteiger partial charge in [0.2, 0.25) is 5.91 Å². The van der Waals surface area contributed by atoms with Crippen LogP contribution in [0.5, 0.6) is 0 Å². The highest BCUT2D eigenvalue weighted by molar-refractivity contribution is 7.98. The Morgan fingerprint density at radius 1 is 1.59 bits per heavy atom. The number of primary amides is 1. The molecular formula is C10H19N3O3S. The minimum absolute atomic E-state index is 0.177. The Labute approximate surface area is 105 Å². The van der Waals surface area contributed by atoms with Crippen molar-refractivity contribution in [2.45, 2.75) is 25.0 Å². The van der Waals surface area contributed by atoms with Crippen molar-refractivity contribution in [3.05, 3.63) is 0 Å². The van der Waals surface area contributed by atoms with Crippen molar-refractivity contribution in [2.75, 3.05) is 25.1 Å². The van der Waals surface area contributed by atoms with Gasteiger partial charge in [0, 0.05) is 0 Å². The molecule has 7 heteroatoms. The van der Waals surface area contributed by atoms with Gasteiger partial charge in [-0.25, -0.2) is 4.79 Å². The molecule has 0 aromatic carbocycles. The molecule has 1 rings (SSSR count). The Balaban J connectivity index is 2.51. The molecule has 1 aliphatic rings. The van der Waals surface area contributed by atoms with Crippen LogP contribution in [0.1, 0.15) is 13.3 Å². The van der Waals surface area contributed by atoms with Crippen LogP contribution in [0.25, 0.3) is 0 Å². The summed E-state index contributed by atoms with van der Waals surface area (Å²) in [4.78, 5) is 24.3. The Kier molecular flexibility index (Phi) is 4.64. The quantitative estimate of drug-likeness (QED) is 0.614. The Morgan fingerprint density at radius 3 is 2.59 bits per heavy atom. The zero-order chi connectivity index (χ0) is 13.1. The van der Waals surface area contributed by atoms with Gasteiger partial charge in [0.05, 0.1) is 18.7 Å².